The molecule has 1 unspecified atom stereocenters. The summed E-state index contributed by atoms with van der Waals surface area (Å²) in [6.07, 6.45) is 2.41. The number of rotatable bonds is 3. The average Bonchev–Trinajstić information content (AvgIpc) is 2.74. The zero-order valence-corrected chi connectivity index (χ0v) is 9.50. The summed E-state index contributed by atoms with van der Waals surface area (Å²) in [6.45, 7) is 0. The Bertz CT molecular complexity index is 430. The van der Waals surface area contributed by atoms with E-state index in [2.05, 4.69) is 9.59 Å². The van der Waals surface area contributed by atoms with E-state index in [1.165, 1.54) is 11.5 Å². The zero-order chi connectivity index (χ0) is 10.7. The van der Waals surface area contributed by atoms with Crippen molar-refractivity contribution in [3.8, 4) is 0 Å². The van der Waals surface area contributed by atoms with Gasteiger partial charge in [-0.1, -0.05) is 34.3 Å². The predicted octanol–water partition coefficient (Wildman–Crippen LogP) is 2.43. The van der Waals surface area contributed by atoms with E-state index in [0.717, 1.165) is 15.5 Å². The average molecular weight is 240 g/mol. The van der Waals surface area contributed by atoms with E-state index in [-0.39, 0.29) is 6.04 Å². The molecule has 2 N–H and O–H groups in total. The zero-order valence-electron chi connectivity index (χ0n) is 7.93. The van der Waals surface area contributed by atoms with E-state index in [9.17, 15) is 0 Å². The second kappa shape index (κ2) is 4.70. The summed E-state index contributed by atoms with van der Waals surface area (Å²) in [6, 6.07) is 7.64. The van der Waals surface area contributed by atoms with Crippen LogP contribution in [0.3, 0.4) is 0 Å². The topological polar surface area (TPSA) is 51.8 Å². The van der Waals surface area contributed by atoms with Crippen LogP contribution in [0.2, 0.25) is 5.02 Å². The molecule has 0 bridgehead atoms. The van der Waals surface area contributed by atoms with E-state index in [0.29, 0.717) is 6.42 Å². The minimum atomic E-state index is -0.0788. The largest absolute Gasteiger partial charge is 0.323 e. The van der Waals surface area contributed by atoms with Gasteiger partial charge in [-0.25, -0.2) is 0 Å². The van der Waals surface area contributed by atoms with Gasteiger partial charge >= 0.3 is 0 Å². The van der Waals surface area contributed by atoms with Gasteiger partial charge in [0.25, 0.3) is 0 Å². The molecular formula is C10H10ClN3S. The molecule has 0 aliphatic rings. The quantitative estimate of drug-likeness (QED) is 0.895. The molecule has 0 aliphatic carbocycles. The van der Waals surface area contributed by atoms with Crippen LogP contribution in [-0.4, -0.2) is 9.59 Å². The van der Waals surface area contributed by atoms with Gasteiger partial charge < -0.3 is 5.73 Å². The highest BCUT2D eigenvalue weighted by molar-refractivity contribution is 7.05. The van der Waals surface area contributed by atoms with E-state index in [1.54, 1.807) is 6.20 Å². The SMILES string of the molecule is NC(Cc1ccccc1Cl)c1cnns1. The lowest BCUT2D eigenvalue weighted by Crippen LogP contribution is -2.12. The molecular weight excluding hydrogens is 230 g/mol. The summed E-state index contributed by atoms with van der Waals surface area (Å²) in [5, 5.41) is 4.52. The van der Waals surface area contributed by atoms with Gasteiger partial charge in [0.15, 0.2) is 0 Å². The first-order valence-corrected chi connectivity index (χ1v) is 5.69. The number of aromatic nitrogens is 2. The normalized spacial score (nSPS) is 12.7. The Morgan fingerprint density at radius 3 is 2.87 bits per heavy atom. The Kier molecular flexibility index (Phi) is 3.30. The second-order valence-corrected chi connectivity index (χ2v) is 4.45. The van der Waals surface area contributed by atoms with Crippen molar-refractivity contribution < 1.29 is 0 Å². The van der Waals surface area contributed by atoms with Gasteiger partial charge in [0.1, 0.15) is 0 Å². The molecule has 1 aromatic heterocycles. The fourth-order valence-corrected chi connectivity index (χ4v) is 2.05. The molecule has 3 nitrogen and oxygen atoms in total. The summed E-state index contributed by atoms with van der Waals surface area (Å²) < 4.78 is 3.79. The molecule has 0 amide bonds. The Labute approximate surface area is 97.1 Å². The molecule has 0 spiro atoms. The second-order valence-electron chi connectivity index (χ2n) is 3.22. The van der Waals surface area contributed by atoms with Crippen molar-refractivity contribution in [2.45, 2.75) is 12.5 Å². The van der Waals surface area contributed by atoms with E-state index >= 15 is 0 Å². The van der Waals surface area contributed by atoms with Crippen molar-refractivity contribution in [3.05, 3.63) is 45.9 Å². The molecule has 1 aromatic carbocycles. The summed E-state index contributed by atoms with van der Waals surface area (Å²) in [7, 11) is 0. The summed E-state index contributed by atoms with van der Waals surface area (Å²) in [5.41, 5.74) is 7.07. The number of nitrogens with two attached hydrogens (primary N) is 1. The number of halogens is 1. The smallest absolute Gasteiger partial charge is 0.0669 e. The molecule has 2 rings (SSSR count). The minimum Gasteiger partial charge on any atom is -0.323 e. The maximum atomic E-state index is 6.05. The van der Waals surface area contributed by atoms with Crippen molar-refractivity contribution in [3.63, 3.8) is 0 Å². The lowest BCUT2D eigenvalue weighted by atomic mass is 10.1. The van der Waals surface area contributed by atoms with Crippen molar-refractivity contribution in [2.24, 2.45) is 5.73 Å². The fourth-order valence-electron chi connectivity index (χ4n) is 1.34. The first-order chi connectivity index (χ1) is 7.27. The molecule has 0 saturated carbocycles. The molecule has 0 saturated heterocycles. The minimum absolute atomic E-state index is 0.0788. The highest BCUT2D eigenvalue weighted by Crippen LogP contribution is 2.22. The van der Waals surface area contributed by atoms with Crippen molar-refractivity contribution >= 4 is 23.1 Å². The first-order valence-electron chi connectivity index (χ1n) is 4.53. The summed E-state index contributed by atoms with van der Waals surface area (Å²) in [4.78, 5) is 0.981. The molecule has 15 heavy (non-hydrogen) atoms. The summed E-state index contributed by atoms with van der Waals surface area (Å²) >= 11 is 7.37. The Hall–Kier alpha value is -0.970. The van der Waals surface area contributed by atoms with Crippen molar-refractivity contribution in [1.29, 1.82) is 0 Å². The maximum absolute atomic E-state index is 6.05. The van der Waals surface area contributed by atoms with Crippen molar-refractivity contribution in [2.75, 3.05) is 0 Å². The van der Waals surface area contributed by atoms with Crippen LogP contribution in [0.15, 0.2) is 30.5 Å². The van der Waals surface area contributed by atoms with Gasteiger partial charge in [-0.05, 0) is 29.6 Å². The highest BCUT2D eigenvalue weighted by Gasteiger charge is 2.11. The van der Waals surface area contributed by atoms with Crippen LogP contribution in [0, 0.1) is 0 Å². The van der Waals surface area contributed by atoms with Crippen LogP contribution in [0.25, 0.3) is 0 Å². The molecule has 78 valence electrons. The van der Waals surface area contributed by atoms with Crippen LogP contribution in [-0.2, 0) is 6.42 Å². The maximum Gasteiger partial charge on any atom is 0.0669 e. The van der Waals surface area contributed by atoms with Crippen LogP contribution in [0.4, 0.5) is 0 Å². The third kappa shape index (κ3) is 2.53. The van der Waals surface area contributed by atoms with Crippen LogP contribution >= 0.6 is 23.1 Å². The molecule has 0 fully saturated rings. The van der Waals surface area contributed by atoms with Gasteiger partial charge in [-0.2, -0.15) is 0 Å². The molecule has 0 radical (unpaired) electrons. The fraction of sp³-hybridized carbons (Fsp3) is 0.200. The van der Waals surface area contributed by atoms with Gasteiger partial charge in [-0.15, -0.1) is 5.10 Å². The Morgan fingerprint density at radius 1 is 1.40 bits per heavy atom. The predicted molar refractivity (Wildman–Crippen MR) is 62.0 cm³/mol. The van der Waals surface area contributed by atoms with Gasteiger partial charge in [0.2, 0.25) is 0 Å². The Morgan fingerprint density at radius 2 is 2.20 bits per heavy atom. The number of benzene rings is 1. The molecule has 2 aromatic rings. The monoisotopic (exact) mass is 239 g/mol. The third-order valence-corrected chi connectivity index (χ3v) is 3.31. The highest BCUT2D eigenvalue weighted by atomic mass is 35.5. The molecule has 5 heteroatoms. The number of hydrogen-bond donors (Lipinski definition) is 1. The van der Waals surface area contributed by atoms with Crippen LogP contribution in [0.5, 0.6) is 0 Å². The van der Waals surface area contributed by atoms with Crippen molar-refractivity contribution in [1.82, 2.24) is 9.59 Å². The summed E-state index contributed by atoms with van der Waals surface area (Å²) in [5.74, 6) is 0. The molecule has 1 atom stereocenters. The Balaban J connectivity index is 2.13. The van der Waals surface area contributed by atoms with E-state index in [4.69, 9.17) is 17.3 Å². The van der Waals surface area contributed by atoms with Gasteiger partial charge in [-0.3, -0.25) is 0 Å². The van der Waals surface area contributed by atoms with Crippen LogP contribution in [0.1, 0.15) is 16.5 Å². The number of hydrogen-bond acceptors (Lipinski definition) is 4. The van der Waals surface area contributed by atoms with Gasteiger partial charge in [0.05, 0.1) is 11.1 Å². The van der Waals surface area contributed by atoms with Crippen LogP contribution < -0.4 is 5.73 Å². The van der Waals surface area contributed by atoms with Gasteiger partial charge in [0, 0.05) is 11.1 Å². The third-order valence-electron chi connectivity index (χ3n) is 2.14. The standard InChI is InChI=1S/C10H10ClN3S/c11-8-4-2-1-3-7(8)5-9(12)10-6-13-14-15-10/h1-4,6,9H,5,12H2. The first kappa shape index (κ1) is 10.5. The molecule has 1 heterocycles. The number of nitrogens with zero attached hydrogens (tertiary/aromatic N) is 2. The lowest BCUT2D eigenvalue weighted by molar-refractivity contribution is 0.734. The van der Waals surface area contributed by atoms with E-state index < -0.39 is 0 Å². The lowest BCUT2D eigenvalue weighted by Gasteiger charge is -2.09. The van der Waals surface area contributed by atoms with E-state index in [1.807, 2.05) is 24.3 Å². The molecule has 0 aliphatic heterocycles.